The summed E-state index contributed by atoms with van der Waals surface area (Å²) in [5, 5.41) is 4.67. The number of carbonyl (C=O) groups excluding carboxylic acids is 1. The standard InChI is InChI=1S/C26H24ClN3O5/c1-30(15-24-28-25(29-35-24)18-10-13-22(32-2)23(14-18)33-3)26(31)17-8-11-20(12-9-17)34-16-19-6-4-5-7-21(19)27/h4-14H,15-16H2,1-3H3. The Bertz CT molecular complexity index is 1310. The van der Waals surface area contributed by atoms with E-state index in [1.54, 1.807) is 63.7 Å². The van der Waals surface area contributed by atoms with Gasteiger partial charge in [0, 0.05) is 28.8 Å². The highest BCUT2D eigenvalue weighted by molar-refractivity contribution is 6.31. The Hall–Kier alpha value is -4.04. The molecule has 0 atom stereocenters. The topological polar surface area (TPSA) is 86.9 Å². The molecule has 1 aromatic heterocycles. The van der Waals surface area contributed by atoms with E-state index in [1.165, 1.54) is 4.90 Å². The van der Waals surface area contributed by atoms with Gasteiger partial charge in [-0.1, -0.05) is 35.0 Å². The lowest BCUT2D eigenvalue weighted by atomic mass is 10.2. The fraction of sp³-hybridized carbons (Fsp3) is 0.192. The number of nitrogens with zero attached hydrogens (tertiary/aromatic N) is 3. The van der Waals surface area contributed by atoms with Gasteiger partial charge >= 0.3 is 0 Å². The summed E-state index contributed by atoms with van der Waals surface area (Å²) in [4.78, 5) is 18.8. The summed E-state index contributed by atoms with van der Waals surface area (Å²) in [5.74, 6) is 2.31. The van der Waals surface area contributed by atoms with Crippen molar-refractivity contribution in [3.05, 3.63) is 88.8 Å². The van der Waals surface area contributed by atoms with Gasteiger partial charge in [0.05, 0.1) is 20.8 Å². The Kier molecular flexibility index (Phi) is 7.52. The number of ether oxygens (including phenoxy) is 3. The predicted molar refractivity (Wildman–Crippen MR) is 131 cm³/mol. The van der Waals surface area contributed by atoms with Gasteiger partial charge in [0.15, 0.2) is 11.5 Å². The van der Waals surface area contributed by atoms with E-state index < -0.39 is 0 Å². The minimum absolute atomic E-state index is 0.157. The van der Waals surface area contributed by atoms with Crippen molar-refractivity contribution in [2.75, 3.05) is 21.3 Å². The number of methoxy groups -OCH3 is 2. The van der Waals surface area contributed by atoms with Gasteiger partial charge in [-0.3, -0.25) is 4.79 Å². The van der Waals surface area contributed by atoms with Crippen LogP contribution in [0.25, 0.3) is 11.4 Å². The summed E-state index contributed by atoms with van der Waals surface area (Å²) in [7, 11) is 4.80. The first-order chi connectivity index (χ1) is 17.0. The van der Waals surface area contributed by atoms with Gasteiger partial charge in [0.2, 0.25) is 11.7 Å². The maximum atomic E-state index is 12.9. The van der Waals surface area contributed by atoms with Crippen molar-refractivity contribution in [2.24, 2.45) is 0 Å². The summed E-state index contributed by atoms with van der Waals surface area (Å²) >= 11 is 6.16. The first kappa shape index (κ1) is 24.1. The summed E-state index contributed by atoms with van der Waals surface area (Å²) in [6, 6.07) is 19.8. The zero-order chi connectivity index (χ0) is 24.8. The van der Waals surface area contributed by atoms with E-state index in [4.69, 9.17) is 30.3 Å². The molecule has 4 rings (SSSR count). The molecule has 0 aliphatic rings. The van der Waals surface area contributed by atoms with Crippen molar-refractivity contribution < 1.29 is 23.5 Å². The van der Waals surface area contributed by atoms with E-state index >= 15 is 0 Å². The molecule has 0 bridgehead atoms. The van der Waals surface area contributed by atoms with Crippen LogP contribution in [-0.2, 0) is 13.2 Å². The van der Waals surface area contributed by atoms with Crippen LogP contribution in [0.15, 0.2) is 71.3 Å². The van der Waals surface area contributed by atoms with Crippen molar-refractivity contribution in [1.29, 1.82) is 0 Å². The largest absolute Gasteiger partial charge is 0.493 e. The molecule has 8 nitrogen and oxygen atoms in total. The van der Waals surface area contributed by atoms with Crippen LogP contribution in [0.2, 0.25) is 5.02 Å². The summed E-state index contributed by atoms with van der Waals surface area (Å²) in [6.45, 7) is 0.496. The maximum Gasteiger partial charge on any atom is 0.254 e. The highest BCUT2D eigenvalue weighted by atomic mass is 35.5. The smallest absolute Gasteiger partial charge is 0.254 e. The van der Waals surface area contributed by atoms with Gasteiger partial charge in [0.25, 0.3) is 5.91 Å². The number of hydrogen-bond donors (Lipinski definition) is 0. The average molecular weight is 494 g/mol. The van der Waals surface area contributed by atoms with Crippen LogP contribution in [0.3, 0.4) is 0 Å². The molecule has 0 aliphatic heterocycles. The lowest BCUT2D eigenvalue weighted by molar-refractivity contribution is 0.0769. The van der Waals surface area contributed by atoms with Gasteiger partial charge in [-0.25, -0.2) is 0 Å². The average Bonchev–Trinajstić information content (AvgIpc) is 3.36. The lowest BCUT2D eigenvalue weighted by Crippen LogP contribution is -2.26. The monoisotopic (exact) mass is 493 g/mol. The van der Waals surface area contributed by atoms with E-state index in [0.717, 1.165) is 5.56 Å². The molecule has 9 heteroatoms. The number of amides is 1. The zero-order valence-corrected chi connectivity index (χ0v) is 20.3. The highest BCUT2D eigenvalue weighted by Crippen LogP contribution is 2.31. The zero-order valence-electron chi connectivity index (χ0n) is 19.5. The molecule has 0 saturated heterocycles. The SMILES string of the molecule is COc1ccc(-c2noc(CN(C)C(=O)c3ccc(OCc4ccccc4Cl)cc3)n2)cc1OC. The first-order valence-corrected chi connectivity index (χ1v) is 11.1. The fourth-order valence-electron chi connectivity index (χ4n) is 3.38. The molecule has 0 fully saturated rings. The Morgan fingerprint density at radius 1 is 1.00 bits per heavy atom. The Balaban J connectivity index is 1.37. The third kappa shape index (κ3) is 5.73. The van der Waals surface area contributed by atoms with E-state index in [2.05, 4.69) is 10.1 Å². The van der Waals surface area contributed by atoms with E-state index in [9.17, 15) is 4.79 Å². The predicted octanol–water partition coefficient (Wildman–Crippen LogP) is 5.26. The molecule has 35 heavy (non-hydrogen) atoms. The van der Waals surface area contributed by atoms with Crippen molar-refractivity contribution in [3.63, 3.8) is 0 Å². The molecule has 0 saturated carbocycles. The van der Waals surface area contributed by atoms with Crippen molar-refractivity contribution >= 4 is 17.5 Å². The quantitative estimate of drug-likeness (QED) is 0.314. The minimum Gasteiger partial charge on any atom is -0.493 e. The van der Waals surface area contributed by atoms with Crippen LogP contribution < -0.4 is 14.2 Å². The molecular formula is C26H24ClN3O5. The maximum absolute atomic E-state index is 12.9. The van der Waals surface area contributed by atoms with E-state index in [0.29, 0.717) is 51.7 Å². The Labute approximate surface area is 208 Å². The number of rotatable bonds is 9. The van der Waals surface area contributed by atoms with Gasteiger partial charge in [0.1, 0.15) is 12.4 Å². The summed E-state index contributed by atoms with van der Waals surface area (Å²) < 4.78 is 21.7. The molecule has 0 radical (unpaired) electrons. The van der Waals surface area contributed by atoms with Crippen LogP contribution in [0.5, 0.6) is 17.2 Å². The fourth-order valence-corrected chi connectivity index (χ4v) is 3.57. The molecule has 1 amide bonds. The molecule has 0 unspecified atom stereocenters. The number of halogens is 1. The molecule has 1 heterocycles. The number of hydrogen-bond acceptors (Lipinski definition) is 7. The third-order valence-electron chi connectivity index (χ3n) is 5.28. The number of carbonyl (C=O) groups is 1. The van der Waals surface area contributed by atoms with Gasteiger partial charge < -0.3 is 23.6 Å². The highest BCUT2D eigenvalue weighted by Gasteiger charge is 2.17. The van der Waals surface area contributed by atoms with Crippen molar-refractivity contribution in [1.82, 2.24) is 15.0 Å². The molecule has 3 aromatic carbocycles. The number of aromatic nitrogens is 2. The normalized spacial score (nSPS) is 10.6. The van der Waals surface area contributed by atoms with Gasteiger partial charge in [-0.15, -0.1) is 0 Å². The molecule has 4 aromatic rings. The van der Waals surface area contributed by atoms with Crippen LogP contribution in [-0.4, -0.2) is 42.2 Å². The summed E-state index contributed by atoms with van der Waals surface area (Å²) in [6.07, 6.45) is 0. The van der Waals surface area contributed by atoms with E-state index in [-0.39, 0.29) is 12.5 Å². The molecular weight excluding hydrogens is 470 g/mol. The lowest BCUT2D eigenvalue weighted by Gasteiger charge is -2.15. The van der Waals surface area contributed by atoms with Gasteiger partial charge in [-0.05, 0) is 48.5 Å². The second-order valence-electron chi connectivity index (χ2n) is 7.65. The number of benzene rings is 3. The van der Waals surface area contributed by atoms with Gasteiger partial charge in [-0.2, -0.15) is 4.98 Å². The molecule has 180 valence electrons. The Morgan fingerprint density at radius 2 is 1.74 bits per heavy atom. The molecule has 0 aliphatic carbocycles. The van der Waals surface area contributed by atoms with Crippen LogP contribution in [0, 0.1) is 0 Å². The van der Waals surface area contributed by atoms with Crippen LogP contribution in [0.1, 0.15) is 21.8 Å². The van der Waals surface area contributed by atoms with Crippen molar-refractivity contribution in [2.45, 2.75) is 13.2 Å². The molecule has 0 spiro atoms. The third-order valence-corrected chi connectivity index (χ3v) is 5.65. The molecule has 0 N–H and O–H groups in total. The minimum atomic E-state index is -0.187. The van der Waals surface area contributed by atoms with E-state index in [1.807, 2.05) is 24.3 Å². The first-order valence-electron chi connectivity index (χ1n) is 10.7. The van der Waals surface area contributed by atoms with Crippen LogP contribution >= 0.6 is 11.6 Å². The second-order valence-corrected chi connectivity index (χ2v) is 8.05. The Morgan fingerprint density at radius 3 is 2.46 bits per heavy atom. The van der Waals surface area contributed by atoms with Crippen molar-refractivity contribution in [3.8, 4) is 28.6 Å². The summed E-state index contributed by atoms with van der Waals surface area (Å²) in [5.41, 5.74) is 2.11. The van der Waals surface area contributed by atoms with Crippen LogP contribution in [0.4, 0.5) is 0 Å². The second kappa shape index (κ2) is 10.9.